The highest BCUT2D eigenvalue weighted by atomic mass is 127. The molecule has 0 atom stereocenters. The van der Waals surface area contributed by atoms with Gasteiger partial charge in [0.25, 0.3) is 0 Å². The van der Waals surface area contributed by atoms with E-state index in [1.165, 1.54) is 12.1 Å². The molecule has 1 fully saturated rings. The van der Waals surface area contributed by atoms with Crippen molar-refractivity contribution in [1.82, 2.24) is 0 Å². The normalized spacial score (nSPS) is 16.2. The van der Waals surface area contributed by atoms with Crippen LogP contribution in [0.5, 0.6) is 5.75 Å². The number of benzene rings is 1. The van der Waals surface area contributed by atoms with Crippen molar-refractivity contribution in [2.45, 2.75) is 19.2 Å². The summed E-state index contributed by atoms with van der Waals surface area (Å²) in [6, 6.07) is 2.57. The van der Waals surface area contributed by atoms with Crippen LogP contribution < -0.4 is 9.64 Å². The van der Waals surface area contributed by atoms with E-state index in [1.54, 1.807) is 0 Å². The Balaban J connectivity index is 2.29. The molecular formula is C11H10ClF3INO. The van der Waals surface area contributed by atoms with Crippen molar-refractivity contribution in [1.29, 1.82) is 0 Å². The SMILES string of the molecule is FC(F)(F)Oc1cc(Cl)c(N2CCCC2)c(I)c1. The predicted molar refractivity (Wildman–Crippen MR) is 72.3 cm³/mol. The number of halogens is 5. The quantitative estimate of drug-likeness (QED) is 0.691. The second-order valence-electron chi connectivity index (χ2n) is 3.98. The molecule has 0 N–H and O–H groups in total. The molecule has 0 bridgehead atoms. The van der Waals surface area contributed by atoms with E-state index in [-0.39, 0.29) is 5.75 Å². The standard InChI is InChI=1S/C11H10ClF3INO/c12-8-5-7(18-11(13,14)15)6-9(16)10(8)17-3-1-2-4-17/h5-6H,1-4H2. The average Bonchev–Trinajstić information content (AvgIpc) is 2.66. The summed E-state index contributed by atoms with van der Waals surface area (Å²) in [5, 5.41) is 0.294. The maximum atomic E-state index is 12.1. The van der Waals surface area contributed by atoms with Gasteiger partial charge in [0, 0.05) is 22.7 Å². The van der Waals surface area contributed by atoms with Crippen molar-refractivity contribution in [3.05, 3.63) is 20.7 Å². The molecule has 0 unspecified atom stereocenters. The third kappa shape index (κ3) is 3.34. The lowest BCUT2D eigenvalue weighted by atomic mass is 10.3. The van der Waals surface area contributed by atoms with Crippen LogP contribution in [0.2, 0.25) is 5.02 Å². The molecule has 1 saturated heterocycles. The molecule has 100 valence electrons. The monoisotopic (exact) mass is 391 g/mol. The van der Waals surface area contributed by atoms with E-state index >= 15 is 0 Å². The average molecular weight is 392 g/mol. The van der Waals surface area contributed by atoms with Gasteiger partial charge in [0.2, 0.25) is 0 Å². The lowest BCUT2D eigenvalue weighted by Crippen LogP contribution is -2.20. The number of rotatable bonds is 2. The lowest BCUT2D eigenvalue weighted by molar-refractivity contribution is -0.274. The predicted octanol–water partition coefficient (Wildman–Crippen LogP) is 4.44. The Morgan fingerprint density at radius 1 is 1.22 bits per heavy atom. The number of ether oxygens (including phenoxy) is 1. The lowest BCUT2D eigenvalue weighted by Gasteiger charge is -2.21. The Labute approximate surface area is 121 Å². The van der Waals surface area contributed by atoms with Crippen LogP contribution in [0.1, 0.15) is 12.8 Å². The summed E-state index contributed by atoms with van der Waals surface area (Å²) >= 11 is 8.03. The van der Waals surface area contributed by atoms with Crippen molar-refractivity contribution >= 4 is 39.9 Å². The largest absolute Gasteiger partial charge is 0.573 e. The van der Waals surface area contributed by atoms with Crippen LogP contribution in [-0.2, 0) is 0 Å². The van der Waals surface area contributed by atoms with E-state index in [0.717, 1.165) is 31.6 Å². The zero-order valence-corrected chi connectivity index (χ0v) is 12.1. The van der Waals surface area contributed by atoms with Crippen molar-refractivity contribution in [3.63, 3.8) is 0 Å². The Morgan fingerprint density at radius 3 is 2.33 bits per heavy atom. The van der Waals surface area contributed by atoms with Gasteiger partial charge in [-0.1, -0.05) is 11.6 Å². The minimum atomic E-state index is -4.69. The first kappa shape index (κ1) is 14.0. The summed E-state index contributed by atoms with van der Waals surface area (Å²) in [7, 11) is 0. The molecule has 0 aliphatic carbocycles. The van der Waals surface area contributed by atoms with Gasteiger partial charge >= 0.3 is 6.36 Å². The second kappa shape index (κ2) is 5.32. The van der Waals surface area contributed by atoms with Gasteiger partial charge < -0.3 is 9.64 Å². The smallest absolute Gasteiger partial charge is 0.406 e. The summed E-state index contributed by atoms with van der Waals surface area (Å²) in [5.41, 5.74) is 0.796. The molecule has 1 aromatic rings. The van der Waals surface area contributed by atoms with Gasteiger partial charge in [-0.2, -0.15) is 0 Å². The fraction of sp³-hybridized carbons (Fsp3) is 0.455. The molecule has 0 amide bonds. The topological polar surface area (TPSA) is 12.5 Å². The number of alkyl halides is 3. The summed E-state index contributed by atoms with van der Waals surface area (Å²) in [6.07, 6.45) is -2.54. The van der Waals surface area contributed by atoms with Gasteiger partial charge in [-0.3, -0.25) is 0 Å². The summed E-state index contributed by atoms with van der Waals surface area (Å²) < 4.78 is 40.9. The van der Waals surface area contributed by atoms with Gasteiger partial charge in [0.15, 0.2) is 0 Å². The summed E-state index contributed by atoms with van der Waals surface area (Å²) in [4.78, 5) is 2.08. The molecule has 0 aromatic heterocycles. The van der Waals surface area contributed by atoms with Crippen molar-refractivity contribution in [2.75, 3.05) is 18.0 Å². The van der Waals surface area contributed by atoms with E-state index in [4.69, 9.17) is 11.6 Å². The van der Waals surface area contributed by atoms with Gasteiger partial charge in [0.1, 0.15) is 5.75 Å². The van der Waals surface area contributed by atoms with Gasteiger partial charge in [0.05, 0.1) is 10.7 Å². The van der Waals surface area contributed by atoms with Gasteiger partial charge in [-0.05, 0) is 41.5 Å². The third-order valence-electron chi connectivity index (χ3n) is 2.65. The molecule has 2 rings (SSSR count). The molecule has 18 heavy (non-hydrogen) atoms. The molecule has 7 heteroatoms. The fourth-order valence-electron chi connectivity index (χ4n) is 1.98. The maximum Gasteiger partial charge on any atom is 0.573 e. The minimum Gasteiger partial charge on any atom is -0.406 e. The highest BCUT2D eigenvalue weighted by Crippen LogP contribution is 2.38. The molecule has 0 radical (unpaired) electrons. The minimum absolute atomic E-state index is 0.278. The number of hydrogen-bond donors (Lipinski definition) is 0. The molecule has 0 spiro atoms. The number of anilines is 1. The molecule has 1 aliphatic heterocycles. The Bertz CT molecular complexity index is 423. The highest BCUT2D eigenvalue weighted by molar-refractivity contribution is 14.1. The van der Waals surface area contributed by atoms with Crippen LogP contribution in [0.15, 0.2) is 12.1 Å². The van der Waals surface area contributed by atoms with Crippen LogP contribution in [-0.4, -0.2) is 19.5 Å². The zero-order chi connectivity index (χ0) is 13.3. The molecule has 0 saturated carbocycles. The van der Waals surface area contributed by atoms with E-state index < -0.39 is 6.36 Å². The van der Waals surface area contributed by atoms with Gasteiger partial charge in [-0.25, -0.2) is 0 Å². The second-order valence-corrected chi connectivity index (χ2v) is 5.55. The van der Waals surface area contributed by atoms with E-state index in [0.29, 0.717) is 8.59 Å². The molecular weight excluding hydrogens is 381 g/mol. The first-order valence-electron chi connectivity index (χ1n) is 5.36. The number of hydrogen-bond acceptors (Lipinski definition) is 2. The van der Waals surface area contributed by atoms with Crippen LogP contribution >= 0.6 is 34.2 Å². The molecule has 1 heterocycles. The zero-order valence-electron chi connectivity index (χ0n) is 9.23. The van der Waals surface area contributed by atoms with Crippen LogP contribution in [0.4, 0.5) is 18.9 Å². The fourth-order valence-corrected chi connectivity index (χ4v) is 3.40. The van der Waals surface area contributed by atoms with Gasteiger partial charge in [-0.15, -0.1) is 13.2 Å². The first-order valence-corrected chi connectivity index (χ1v) is 6.82. The number of nitrogens with zero attached hydrogens (tertiary/aromatic N) is 1. The van der Waals surface area contributed by atoms with Crippen LogP contribution in [0.25, 0.3) is 0 Å². The summed E-state index contributed by atoms with van der Waals surface area (Å²) in [5.74, 6) is -0.278. The summed E-state index contributed by atoms with van der Waals surface area (Å²) in [6.45, 7) is 1.77. The van der Waals surface area contributed by atoms with E-state index in [9.17, 15) is 13.2 Å². The Morgan fingerprint density at radius 2 is 1.83 bits per heavy atom. The van der Waals surface area contributed by atoms with Crippen molar-refractivity contribution in [2.24, 2.45) is 0 Å². The van der Waals surface area contributed by atoms with E-state index in [2.05, 4.69) is 9.64 Å². The van der Waals surface area contributed by atoms with Crippen LogP contribution in [0.3, 0.4) is 0 Å². The van der Waals surface area contributed by atoms with E-state index in [1.807, 2.05) is 22.6 Å². The Hall–Kier alpha value is -0.370. The maximum absolute atomic E-state index is 12.1. The van der Waals surface area contributed by atoms with Crippen LogP contribution in [0, 0.1) is 3.57 Å². The highest BCUT2D eigenvalue weighted by Gasteiger charge is 2.32. The molecule has 1 aliphatic rings. The van der Waals surface area contributed by atoms with Crippen molar-refractivity contribution in [3.8, 4) is 5.75 Å². The third-order valence-corrected chi connectivity index (χ3v) is 3.76. The Kier molecular flexibility index (Phi) is 4.15. The van der Waals surface area contributed by atoms with Crippen molar-refractivity contribution < 1.29 is 17.9 Å². The molecule has 2 nitrogen and oxygen atoms in total. The molecule has 1 aromatic carbocycles. The first-order chi connectivity index (χ1) is 8.37.